The maximum Gasteiger partial charge on any atom is 0.352 e. The fourth-order valence-electron chi connectivity index (χ4n) is 7.07. The molecule has 5 nitrogen and oxygen atoms in total. The summed E-state index contributed by atoms with van der Waals surface area (Å²) in [6, 6.07) is 9.18. The number of rotatable bonds is 1. The molecule has 0 amide bonds. The summed E-state index contributed by atoms with van der Waals surface area (Å²) in [5, 5.41) is 0. The number of para-hydroxylation sites is 1. The van der Waals surface area contributed by atoms with Crippen LogP contribution in [0.5, 0.6) is 0 Å². The molecule has 4 atom stereocenters. The summed E-state index contributed by atoms with van der Waals surface area (Å²) in [5.74, 6) is 0. The van der Waals surface area contributed by atoms with Gasteiger partial charge in [-0.2, -0.15) is 0 Å². The third-order valence-corrected chi connectivity index (χ3v) is 8.12. The zero-order valence-corrected chi connectivity index (χ0v) is 15.7. The molecule has 2 bridgehead atoms. The van der Waals surface area contributed by atoms with E-state index in [0.29, 0.717) is 5.69 Å². The summed E-state index contributed by atoms with van der Waals surface area (Å²) in [6.45, 7) is 4.49. The van der Waals surface area contributed by atoms with Gasteiger partial charge in [0.05, 0.1) is 17.8 Å². The molecule has 0 saturated heterocycles. The van der Waals surface area contributed by atoms with Crippen molar-refractivity contribution in [1.82, 2.24) is 13.9 Å². The Bertz CT molecular complexity index is 1090. The summed E-state index contributed by atoms with van der Waals surface area (Å²) in [4.78, 5) is 26.8. The Morgan fingerprint density at radius 1 is 0.815 bits per heavy atom. The van der Waals surface area contributed by atoms with Crippen molar-refractivity contribution in [3.05, 3.63) is 74.6 Å². The van der Waals surface area contributed by atoms with Crippen LogP contribution in [0.1, 0.15) is 51.6 Å². The molecule has 0 unspecified atom stereocenters. The first-order valence-corrected chi connectivity index (χ1v) is 9.94. The molecule has 3 aliphatic carbocycles. The van der Waals surface area contributed by atoms with Crippen molar-refractivity contribution < 1.29 is 0 Å². The van der Waals surface area contributed by atoms with Crippen molar-refractivity contribution in [2.75, 3.05) is 0 Å². The van der Waals surface area contributed by atoms with Gasteiger partial charge in [0.1, 0.15) is 0 Å². The van der Waals surface area contributed by atoms with E-state index < -0.39 is 0 Å². The fraction of sp³-hybridized carbons (Fsp3) is 0.455. The normalized spacial score (nSPS) is 35.5. The van der Waals surface area contributed by atoms with Crippen LogP contribution in [0.25, 0.3) is 5.69 Å². The number of hydrogen-bond donors (Lipinski definition) is 0. The minimum atomic E-state index is -0.212. The van der Waals surface area contributed by atoms with Gasteiger partial charge in [-0.05, 0) is 38.8 Å². The molecule has 1 saturated carbocycles. The Labute approximate surface area is 157 Å². The van der Waals surface area contributed by atoms with Crippen molar-refractivity contribution in [1.29, 1.82) is 0 Å². The van der Waals surface area contributed by atoms with Crippen LogP contribution in [0.4, 0.5) is 0 Å². The highest BCUT2D eigenvalue weighted by Gasteiger charge is 2.72. The molecule has 2 aromatic rings. The predicted octanol–water partition coefficient (Wildman–Crippen LogP) is 3.36. The van der Waals surface area contributed by atoms with E-state index in [0.717, 1.165) is 12.8 Å². The van der Waals surface area contributed by atoms with Crippen molar-refractivity contribution in [3.63, 3.8) is 0 Å². The minimum absolute atomic E-state index is 0.00783. The van der Waals surface area contributed by atoms with Gasteiger partial charge in [0.25, 0.3) is 0 Å². The summed E-state index contributed by atoms with van der Waals surface area (Å²) >= 11 is 0. The first-order chi connectivity index (χ1) is 13.1. The molecule has 5 aliphatic rings. The first-order valence-electron chi connectivity index (χ1n) is 9.94. The Morgan fingerprint density at radius 2 is 1.30 bits per heavy atom. The molecule has 3 heterocycles. The lowest BCUT2D eigenvalue weighted by Crippen LogP contribution is -2.68. The van der Waals surface area contributed by atoms with Crippen LogP contribution < -0.4 is 11.4 Å². The maximum atomic E-state index is 13.4. The van der Waals surface area contributed by atoms with Crippen LogP contribution in [-0.2, 0) is 0 Å². The molecule has 27 heavy (non-hydrogen) atoms. The number of hydrogen-bond acceptors (Lipinski definition) is 2. The Morgan fingerprint density at radius 3 is 1.78 bits per heavy atom. The lowest BCUT2D eigenvalue weighted by molar-refractivity contribution is -0.104. The largest absolute Gasteiger partial charge is 0.352 e. The predicted molar refractivity (Wildman–Crippen MR) is 103 cm³/mol. The van der Waals surface area contributed by atoms with Crippen LogP contribution in [0.3, 0.4) is 0 Å². The maximum absolute atomic E-state index is 13.4. The van der Waals surface area contributed by atoms with Crippen molar-refractivity contribution in [3.8, 4) is 5.69 Å². The molecular formula is C22H23N3O2. The highest BCUT2D eigenvalue weighted by atomic mass is 16.2. The molecule has 1 fully saturated rings. The van der Waals surface area contributed by atoms with Gasteiger partial charge in [-0.25, -0.2) is 23.5 Å². The molecule has 0 spiro atoms. The molecule has 0 radical (unpaired) electrons. The Balaban J connectivity index is 1.69. The quantitative estimate of drug-likeness (QED) is 0.731. The summed E-state index contributed by atoms with van der Waals surface area (Å²) in [5.41, 5.74) is 3.13. The second-order valence-electron chi connectivity index (χ2n) is 8.60. The summed E-state index contributed by atoms with van der Waals surface area (Å²) in [7, 11) is 0. The molecule has 5 heteroatoms. The van der Waals surface area contributed by atoms with Crippen LogP contribution in [0.2, 0.25) is 0 Å². The summed E-state index contributed by atoms with van der Waals surface area (Å²) in [6.07, 6.45) is 9.00. The van der Waals surface area contributed by atoms with Gasteiger partial charge in [0.2, 0.25) is 0 Å². The van der Waals surface area contributed by atoms with Crippen molar-refractivity contribution in [2.45, 2.75) is 51.6 Å². The van der Waals surface area contributed by atoms with Gasteiger partial charge in [-0.3, -0.25) is 0 Å². The molecule has 7 rings (SSSR count). The van der Waals surface area contributed by atoms with E-state index in [9.17, 15) is 9.59 Å². The number of benzene rings is 1. The number of aromatic nitrogens is 3. The van der Waals surface area contributed by atoms with Crippen LogP contribution >= 0.6 is 0 Å². The van der Waals surface area contributed by atoms with Gasteiger partial charge in [-0.15, -0.1) is 0 Å². The van der Waals surface area contributed by atoms with E-state index in [1.807, 2.05) is 30.3 Å². The van der Waals surface area contributed by atoms with Gasteiger partial charge < -0.3 is 0 Å². The van der Waals surface area contributed by atoms with E-state index in [1.54, 1.807) is 9.36 Å². The lowest BCUT2D eigenvalue weighted by Gasteiger charge is -2.71. The zero-order chi connectivity index (χ0) is 18.6. The van der Waals surface area contributed by atoms with E-state index >= 15 is 0 Å². The Kier molecular flexibility index (Phi) is 2.66. The molecule has 1 aromatic heterocycles. The molecule has 1 aromatic carbocycles. The van der Waals surface area contributed by atoms with Gasteiger partial charge in [0, 0.05) is 10.8 Å². The molecular weight excluding hydrogens is 338 g/mol. The Hall–Kier alpha value is -2.56. The van der Waals surface area contributed by atoms with E-state index in [2.05, 4.69) is 26.0 Å². The second kappa shape index (κ2) is 4.64. The summed E-state index contributed by atoms with van der Waals surface area (Å²) < 4.78 is 4.88. The minimum Gasteiger partial charge on any atom is -0.245 e. The first kappa shape index (κ1) is 15.5. The monoisotopic (exact) mass is 361 g/mol. The van der Waals surface area contributed by atoms with Crippen LogP contribution in [0.15, 0.2) is 63.2 Å². The average molecular weight is 361 g/mol. The number of allylic oxidation sites excluding steroid dienone is 4. The van der Waals surface area contributed by atoms with Gasteiger partial charge in [0.15, 0.2) is 0 Å². The van der Waals surface area contributed by atoms with E-state index in [4.69, 9.17) is 0 Å². The van der Waals surface area contributed by atoms with Crippen LogP contribution in [0, 0.1) is 10.8 Å². The molecule has 0 N–H and O–H groups in total. The van der Waals surface area contributed by atoms with Crippen molar-refractivity contribution in [2.24, 2.45) is 10.8 Å². The molecule has 138 valence electrons. The third kappa shape index (κ3) is 1.38. The van der Waals surface area contributed by atoms with Gasteiger partial charge >= 0.3 is 11.4 Å². The smallest absolute Gasteiger partial charge is 0.245 e. The molecule has 2 aliphatic heterocycles. The third-order valence-electron chi connectivity index (χ3n) is 8.12. The standard InChI is InChI=1S/C22H23N3O2/c1-14-15(2)22-13-7-6-12-21(14,22)17-10-11-18(22)25-20(27)23(19(26)24(17)25)16-8-4-3-5-9-16/h3-5,8-11,17-18H,6-7,12-13H2,1-2H3/t17-,18-,21-,22+/m1/s1. The topological polar surface area (TPSA) is 48.9 Å². The SMILES string of the molecule is CC1=C(C)[C@@]23CCCC[C@@]12[C@H]1C=C[C@H]3n2c(=O)n(-c3ccccc3)c(=O)n21. The van der Waals surface area contributed by atoms with Crippen LogP contribution in [-0.4, -0.2) is 13.9 Å². The highest BCUT2D eigenvalue weighted by molar-refractivity contribution is 5.51. The van der Waals surface area contributed by atoms with Crippen molar-refractivity contribution >= 4 is 0 Å². The fourth-order valence-corrected chi connectivity index (χ4v) is 7.07. The highest BCUT2D eigenvalue weighted by Crippen LogP contribution is 2.78. The van der Waals surface area contributed by atoms with Gasteiger partial charge in [-0.1, -0.05) is 54.3 Å². The van der Waals surface area contributed by atoms with E-state index in [1.165, 1.54) is 28.6 Å². The zero-order valence-electron chi connectivity index (χ0n) is 15.7. The average Bonchev–Trinajstić information content (AvgIpc) is 2.99. The number of nitrogens with zero attached hydrogens (tertiary/aromatic N) is 3. The lowest BCUT2D eigenvalue weighted by atomic mass is 9.35. The second-order valence-corrected chi connectivity index (χ2v) is 8.60. The van der Waals surface area contributed by atoms with E-state index in [-0.39, 0.29) is 34.3 Å².